The molecule has 4 N–H and O–H groups in total. The average molecular weight is 396 g/mol. The Morgan fingerprint density at radius 2 is 1.93 bits per heavy atom. The lowest BCUT2D eigenvalue weighted by atomic mass is 9.95. The highest BCUT2D eigenvalue weighted by molar-refractivity contribution is 5.85. The fourth-order valence-corrected chi connectivity index (χ4v) is 2.79. The molecule has 1 aromatic heterocycles. The molecule has 0 bridgehead atoms. The van der Waals surface area contributed by atoms with Crippen LogP contribution >= 0.6 is 0 Å². The maximum Gasteiger partial charge on any atom is 0.325 e. The smallest absolute Gasteiger partial charge is 0.325 e. The van der Waals surface area contributed by atoms with Crippen molar-refractivity contribution in [2.24, 2.45) is 10.7 Å². The molecule has 2 unspecified atom stereocenters. The molecule has 0 aliphatic heterocycles. The highest BCUT2D eigenvalue weighted by atomic mass is 19.1. The zero-order chi connectivity index (χ0) is 21.0. The van der Waals surface area contributed by atoms with Gasteiger partial charge in [-0.05, 0) is 24.1 Å². The third-order valence-electron chi connectivity index (χ3n) is 4.49. The number of aromatic nitrogens is 1. The summed E-state index contributed by atoms with van der Waals surface area (Å²) < 4.78 is 19.9. The van der Waals surface area contributed by atoms with Crippen LogP contribution in [0.2, 0.25) is 0 Å². The Kier molecular flexibility index (Phi) is 5.92. The Labute approximate surface area is 167 Å². The number of rotatable bonds is 6. The Balaban J connectivity index is 1.77. The molecule has 150 valence electrons. The number of nitrogens with two attached hydrogens (primary N) is 1. The van der Waals surface area contributed by atoms with Crippen LogP contribution < -0.4 is 11.1 Å². The zero-order valence-corrected chi connectivity index (χ0v) is 16.0. The minimum Gasteiger partial charge on any atom is -0.480 e. The number of guanidine groups is 1. The van der Waals surface area contributed by atoms with Crippen LogP contribution in [0.15, 0.2) is 64.1 Å². The molecule has 0 aliphatic rings. The molecule has 2 aromatic carbocycles. The number of nitrogens with one attached hydrogen (secondary N) is 1. The second-order valence-corrected chi connectivity index (χ2v) is 6.62. The van der Waals surface area contributed by atoms with E-state index in [1.165, 1.54) is 13.0 Å². The van der Waals surface area contributed by atoms with Crippen molar-refractivity contribution in [3.05, 3.63) is 71.7 Å². The SMILES string of the molecule is CC(NC(N)=Nc1cc(C(C)c2ccc(-c3ccccc3)c(F)c2)on1)C(=O)O. The molecular weight excluding hydrogens is 375 g/mol. The van der Waals surface area contributed by atoms with Gasteiger partial charge in [-0.2, -0.15) is 4.99 Å². The first kappa shape index (κ1) is 20.1. The van der Waals surface area contributed by atoms with E-state index in [1.807, 2.05) is 43.3 Å². The molecule has 0 aliphatic carbocycles. The standard InChI is InChI=1S/C21H21FN4O3/c1-12(15-8-9-16(17(22)10-15)14-6-4-3-5-7-14)18-11-19(26-29-18)25-21(23)24-13(2)20(27)28/h3-13H,1-2H3,(H,27,28)(H3,23,24,25,26). The number of carbonyl (C=O) groups is 1. The summed E-state index contributed by atoms with van der Waals surface area (Å²) in [7, 11) is 0. The molecule has 3 aromatic rings. The Bertz CT molecular complexity index is 1030. The third-order valence-corrected chi connectivity index (χ3v) is 4.49. The first-order chi connectivity index (χ1) is 13.8. The molecule has 3 rings (SSSR count). The summed E-state index contributed by atoms with van der Waals surface area (Å²) in [6.45, 7) is 3.30. The van der Waals surface area contributed by atoms with Crippen LogP contribution in [0.4, 0.5) is 10.2 Å². The van der Waals surface area contributed by atoms with Crippen LogP contribution in [0.3, 0.4) is 0 Å². The van der Waals surface area contributed by atoms with E-state index in [9.17, 15) is 9.18 Å². The van der Waals surface area contributed by atoms with E-state index in [-0.39, 0.29) is 23.5 Å². The molecule has 0 saturated carbocycles. The second kappa shape index (κ2) is 8.55. The zero-order valence-electron chi connectivity index (χ0n) is 16.0. The van der Waals surface area contributed by atoms with E-state index in [0.29, 0.717) is 11.3 Å². The van der Waals surface area contributed by atoms with Gasteiger partial charge < -0.3 is 20.7 Å². The first-order valence-corrected chi connectivity index (χ1v) is 9.00. The van der Waals surface area contributed by atoms with Crippen LogP contribution in [0, 0.1) is 5.82 Å². The lowest BCUT2D eigenvalue weighted by molar-refractivity contribution is -0.138. The summed E-state index contributed by atoms with van der Waals surface area (Å²) in [4.78, 5) is 14.8. The van der Waals surface area contributed by atoms with Gasteiger partial charge in [-0.25, -0.2) is 4.39 Å². The van der Waals surface area contributed by atoms with Crippen molar-refractivity contribution < 1.29 is 18.8 Å². The van der Waals surface area contributed by atoms with Gasteiger partial charge in [0.15, 0.2) is 11.8 Å². The predicted molar refractivity (Wildman–Crippen MR) is 107 cm³/mol. The molecule has 0 saturated heterocycles. The van der Waals surface area contributed by atoms with Gasteiger partial charge in [-0.15, -0.1) is 0 Å². The maximum absolute atomic E-state index is 14.6. The molecule has 0 amide bonds. The monoisotopic (exact) mass is 396 g/mol. The summed E-state index contributed by atoms with van der Waals surface area (Å²) in [5.74, 6) is -1.07. The number of benzene rings is 2. The average Bonchev–Trinajstić information content (AvgIpc) is 3.16. The normalized spacial score (nSPS) is 13.7. The van der Waals surface area contributed by atoms with E-state index < -0.39 is 12.0 Å². The van der Waals surface area contributed by atoms with Gasteiger partial charge in [-0.3, -0.25) is 4.79 Å². The van der Waals surface area contributed by atoms with Crippen molar-refractivity contribution in [2.45, 2.75) is 25.8 Å². The van der Waals surface area contributed by atoms with Gasteiger partial charge in [0.1, 0.15) is 17.6 Å². The van der Waals surface area contributed by atoms with E-state index in [1.54, 1.807) is 12.1 Å². The number of hydrogen-bond acceptors (Lipinski definition) is 4. The van der Waals surface area contributed by atoms with E-state index in [4.69, 9.17) is 15.4 Å². The van der Waals surface area contributed by atoms with E-state index in [2.05, 4.69) is 15.5 Å². The molecule has 8 heteroatoms. The highest BCUT2D eigenvalue weighted by Crippen LogP contribution is 2.30. The quantitative estimate of drug-likeness (QED) is 0.433. The van der Waals surface area contributed by atoms with Gasteiger partial charge in [0.25, 0.3) is 0 Å². The van der Waals surface area contributed by atoms with Crippen LogP contribution in [-0.2, 0) is 4.79 Å². The molecule has 0 fully saturated rings. The fourth-order valence-electron chi connectivity index (χ4n) is 2.79. The summed E-state index contributed by atoms with van der Waals surface area (Å²) in [6.07, 6.45) is 0. The van der Waals surface area contributed by atoms with Crippen LogP contribution in [-0.4, -0.2) is 28.2 Å². The van der Waals surface area contributed by atoms with Gasteiger partial charge in [0, 0.05) is 17.5 Å². The molecular formula is C21H21FN4O3. The minimum absolute atomic E-state index is 0.0920. The van der Waals surface area contributed by atoms with Gasteiger partial charge in [0.2, 0.25) is 0 Å². The molecule has 2 atom stereocenters. The van der Waals surface area contributed by atoms with Crippen molar-refractivity contribution in [3.63, 3.8) is 0 Å². The van der Waals surface area contributed by atoms with Crippen molar-refractivity contribution >= 4 is 17.7 Å². The molecule has 7 nitrogen and oxygen atoms in total. The van der Waals surface area contributed by atoms with Gasteiger partial charge in [-0.1, -0.05) is 54.5 Å². The van der Waals surface area contributed by atoms with E-state index >= 15 is 0 Å². The fraction of sp³-hybridized carbons (Fsp3) is 0.190. The second-order valence-electron chi connectivity index (χ2n) is 6.62. The molecule has 0 spiro atoms. The van der Waals surface area contributed by atoms with Gasteiger partial charge in [0.05, 0.1) is 0 Å². The molecule has 29 heavy (non-hydrogen) atoms. The van der Waals surface area contributed by atoms with Crippen molar-refractivity contribution in [3.8, 4) is 11.1 Å². The van der Waals surface area contributed by atoms with Crippen molar-refractivity contribution in [2.75, 3.05) is 0 Å². The Morgan fingerprint density at radius 1 is 1.21 bits per heavy atom. The number of nitrogens with zero attached hydrogens (tertiary/aromatic N) is 2. The maximum atomic E-state index is 14.6. The Hall–Kier alpha value is -3.68. The number of hydrogen-bond donors (Lipinski definition) is 3. The van der Waals surface area contributed by atoms with E-state index in [0.717, 1.165) is 11.1 Å². The lowest BCUT2D eigenvalue weighted by Gasteiger charge is -2.10. The highest BCUT2D eigenvalue weighted by Gasteiger charge is 2.17. The minimum atomic E-state index is -1.06. The van der Waals surface area contributed by atoms with Crippen LogP contribution in [0.1, 0.15) is 31.1 Å². The predicted octanol–water partition coefficient (Wildman–Crippen LogP) is 3.64. The van der Waals surface area contributed by atoms with Gasteiger partial charge >= 0.3 is 5.97 Å². The first-order valence-electron chi connectivity index (χ1n) is 9.00. The summed E-state index contributed by atoms with van der Waals surface area (Å²) >= 11 is 0. The summed E-state index contributed by atoms with van der Waals surface area (Å²) in [6, 6.07) is 15.0. The number of halogens is 1. The summed E-state index contributed by atoms with van der Waals surface area (Å²) in [5.41, 5.74) is 7.73. The van der Waals surface area contributed by atoms with Crippen LogP contribution in [0.5, 0.6) is 0 Å². The Morgan fingerprint density at radius 3 is 2.59 bits per heavy atom. The molecule has 0 radical (unpaired) electrons. The largest absolute Gasteiger partial charge is 0.480 e. The third kappa shape index (κ3) is 4.78. The lowest BCUT2D eigenvalue weighted by Crippen LogP contribution is -2.42. The van der Waals surface area contributed by atoms with Crippen molar-refractivity contribution in [1.29, 1.82) is 0 Å². The number of aliphatic carboxylic acids is 1. The molecule has 1 heterocycles. The number of carboxylic acid groups (broad SMARTS) is 1. The van der Waals surface area contributed by atoms with Crippen LogP contribution in [0.25, 0.3) is 11.1 Å². The topological polar surface area (TPSA) is 114 Å². The van der Waals surface area contributed by atoms with Crippen molar-refractivity contribution in [1.82, 2.24) is 10.5 Å². The number of aliphatic imine (C=N–C) groups is 1. The number of carboxylic acids is 1. The summed E-state index contributed by atoms with van der Waals surface area (Å²) in [5, 5.41) is 15.2.